The van der Waals surface area contributed by atoms with Crippen LogP contribution in [0.2, 0.25) is 0 Å². The lowest BCUT2D eigenvalue weighted by atomic mass is 9.70. The van der Waals surface area contributed by atoms with Crippen molar-refractivity contribution in [3.63, 3.8) is 0 Å². The van der Waals surface area contributed by atoms with E-state index in [1.807, 2.05) is 17.0 Å². The van der Waals surface area contributed by atoms with Gasteiger partial charge in [0.1, 0.15) is 23.0 Å². The zero-order chi connectivity index (χ0) is 32.4. The summed E-state index contributed by atoms with van der Waals surface area (Å²) in [5.74, 6) is 1.95. The van der Waals surface area contributed by atoms with Gasteiger partial charge in [-0.1, -0.05) is 11.2 Å². The lowest BCUT2D eigenvalue weighted by Crippen LogP contribution is -2.48. The molecule has 0 saturated carbocycles. The lowest BCUT2D eigenvalue weighted by molar-refractivity contribution is -0.126. The van der Waals surface area contributed by atoms with Crippen LogP contribution in [0.15, 0.2) is 28.8 Å². The third-order valence-corrected chi connectivity index (χ3v) is 10.7. The number of aryl methyl sites for hydroxylation is 1. The molecule has 2 N–H and O–H groups in total. The maximum Gasteiger partial charge on any atom is 0.246 e. The van der Waals surface area contributed by atoms with Crippen molar-refractivity contribution in [3.8, 4) is 23.5 Å². The monoisotopic (exact) mass is 646 g/mol. The minimum absolute atomic E-state index is 0.0286. The first-order valence-electron chi connectivity index (χ1n) is 16.0. The Morgan fingerprint density at radius 2 is 2.07 bits per heavy atom. The van der Waals surface area contributed by atoms with Gasteiger partial charge in [-0.2, -0.15) is 10.2 Å². The van der Waals surface area contributed by atoms with Crippen LogP contribution in [0.1, 0.15) is 61.2 Å². The molecule has 2 fully saturated rings. The third-order valence-electron chi connectivity index (χ3n) is 9.60. The van der Waals surface area contributed by atoms with Crippen LogP contribution in [0.25, 0.3) is 11.6 Å². The van der Waals surface area contributed by atoms with Crippen LogP contribution in [0.3, 0.4) is 0 Å². The highest BCUT2D eigenvalue weighted by Crippen LogP contribution is 2.49. The van der Waals surface area contributed by atoms with Crippen LogP contribution < -0.4 is 15.4 Å². The molecular weight excluding hydrogens is 604 g/mol. The Balaban J connectivity index is 1.30. The van der Waals surface area contributed by atoms with E-state index in [-0.39, 0.29) is 12.0 Å². The third kappa shape index (κ3) is 6.21. The van der Waals surface area contributed by atoms with Gasteiger partial charge in [-0.15, -0.1) is 11.3 Å². The van der Waals surface area contributed by atoms with Crippen LogP contribution in [-0.4, -0.2) is 96.5 Å². The number of likely N-dealkylation sites (N-methyl/N-ethyl adjacent to an activating group) is 1. The molecule has 1 amide bonds. The first kappa shape index (κ1) is 32.0. The average Bonchev–Trinajstić information content (AvgIpc) is 3.80. The molecule has 2 aliphatic heterocycles. The summed E-state index contributed by atoms with van der Waals surface area (Å²) in [6.45, 7) is 7.99. The van der Waals surface area contributed by atoms with Crippen LogP contribution in [0.4, 0.5) is 10.8 Å². The summed E-state index contributed by atoms with van der Waals surface area (Å²) in [6.07, 6.45) is 8.12. The van der Waals surface area contributed by atoms with Crippen molar-refractivity contribution < 1.29 is 18.8 Å². The Hall–Kier alpha value is -3.99. The molecule has 244 valence electrons. The number of aromatic nitrogens is 3. The molecule has 6 rings (SSSR count). The molecule has 0 bridgehead atoms. The standard InChI is InChI=1S/C33H42N8O4S/c1-21(23-8-6-12-39(23)3)44-28-19-27(40-13-15-41(16-14-40)29(42)10-7-17-43-4)36-32(37-28)24-18-26(38-45-24)33(2)11-5-9-25-30(33)22(20-34)31(35)46-25/h7,10,18-19,21,23H,5-6,8-9,11-17,35H2,1-4H3/b10-7+/t21-,23-,33?/m0/s1. The van der Waals surface area contributed by atoms with Gasteiger partial charge in [-0.25, -0.2) is 4.98 Å². The number of nitrogens with two attached hydrogens (primary N) is 1. The summed E-state index contributed by atoms with van der Waals surface area (Å²) in [7, 11) is 3.73. The molecule has 1 unspecified atom stereocenters. The van der Waals surface area contributed by atoms with Crippen LogP contribution in [0, 0.1) is 11.3 Å². The summed E-state index contributed by atoms with van der Waals surface area (Å²) < 4.78 is 17.4. The van der Waals surface area contributed by atoms with Crippen molar-refractivity contribution in [3.05, 3.63) is 46.0 Å². The number of hydrogen-bond donors (Lipinski definition) is 1. The second kappa shape index (κ2) is 13.4. The smallest absolute Gasteiger partial charge is 0.246 e. The van der Waals surface area contributed by atoms with Gasteiger partial charge in [-0.3, -0.25) is 9.69 Å². The van der Waals surface area contributed by atoms with E-state index in [2.05, 4.69) is 41.9 Å². The quantitative estimate of drug-likeness (QED) is 0.337. The van der Waals surface area contributed by atoms with Crippen LogP contribution in [0.5, 0.6) is 5.88 Å². The number of carbonyl (C=O) groups excluding carboxylic acids is 1. The lowest BCUT2D eigenvalue weighted by Gasteiger charge is -2.35. The second-order valence-electron chi connectivity index (χ2n) is 12.6. The molecule has 13 heteroatoms. The molecule has 5 heterocycles. The van der Waals surface area contributed by atoms with Crippen molar-refractivity contribution >= 4 is 28.1 Å². The number of likely N-dealkylation sites (tertiary alicyclic amines) is 1. The molecule has 46 heavy (non-hydrogen) atoms. The van der Waals surface area contributed by atoms with Gasteiger partial charge in [0.05, 0.1) is 17.9 Å². The zero-order valence-electron chi connectivity index (χ0n) is 27.0. The number of fused-ring (bicyclic) bond motifs is 1. The van der Waals surface area contributed by atoms with Gasteiger partial charge in [0, 0.05) is 67.8 Å². The van der Waals surface area contributed by atoms with Crippen LogP contribution in [-0.2, 0) is 21.4 Å². The minimum atomic E-state index is -0.520. The fraction of sp³-hybridized carbons (Fsp3) is 0.545. The predicted molar refractivity (Wildman–Crippen MR) is 176 cm³/mol. The van der Waals surface area contributed by atoms with E-state index >= 15 is 0 Å². The van der Waals surface area contributed by atoms with E-state index in [1.165, 1.54) is 11.3 Å². The molecule has 3 atom stereocenters. The van der Waals surface area contributed by atoms with Crippen molar-refractivity contribution in [2.24, 2.45) is 0 Å². The fourth-order valence-electron chi connectivity index (χ4n) is 7.04. The van der Waals surface area contributed by atoms with E-state index in [0.717, 1.165) is 54.8 Å². The first-order valence-corrected chi connectivity index (χ1v) is 16.8. The van der Waals surface area contributed by atoms with Gasteiger partial charge in [0.15, 0.2) is 0 Å². The predicted octanol–water partition coefficient (Wildman–Crippen LogP) is 4.00. The van der Waals surface area contributed by atoms with E-state index in [1.54, 1.807) is 19.3 Å². The zero-order valence-corrected chi connectivity index (χ0v) is 27.8. The van der Waals surface area contributed by atoms with E-state index in [9.17, 15) is 10.1 Å². The number of amides is 1. The van der Waals surface area contributed by atoms with E-state index in [4.69, 9.17) is 29.7 Å². The minimum Gasteiger partial charge on any atom is -0.473 e. The molecule has 0 spiro atoms. The number of rotatable bonds is 9. The number of methoxy groups -OCH3 is 1. The maximum absolute atomic E-state index is 12.6. The summed E-state index contributed by atoms with van der Waals surface area (Å²) in [5.41, 5.74) is 7.96. The van der Waals surface area contributed by atoms with Crippen molar-refractivity contribution in [2.45, 2.75) is 63.5 Å². The maximum atomic E-state index is 12.6. The SMILES string of the molecule is COC/C=C/C(=O)N1CCN(c2cc(O[C@@H](C)[C@@H]3CCCN3C)nc(-c3cc(C4(C)CCCc5sc(N)c(C#N)c54)no3)n2)CC1. The Bertz CT molecular complexity index is 1640. The molecular formula is C33H42N8O4S. The topological polar surface area (TPSA) is 147 Å². The van der Waals surface area contributed by atoms with E-state index in [0.29, 0.717) is 72.7 Å². The molecule has 3 aliphatic rings. The highest BCUT2D eigenvalue weighted by molar-refractivity contribution is 7.16. The summed E-state index contributed by atoms with van der Waals surface area (Å²) in [4.78, 5) is 29.8. The molecule has 12 nitrogen and oxygen atoms in total. The molecule has 1 aliphatic carbocycles. The highest BCUT2D eigenvalue weighted by Gasteiger charge is 2.41. The largest absolute Gasteiger partial charge is 0.473 e. The van der Waals surface area contributed by atoms with Gasteiger partial charge >= 0.3 is 0 Å². The van der Waals surface area contributed by atoms with Gasteiger partial charge < -0.3 is 29.5 Å². The Kier molecular flexibility index (Phi) is 9.31. The van der Waals surface area contributed by atoms with Gasteiger partial charge in [0.2, 0.25) is 23.4 Å². The molecule has 3 aromatic heterocycles. The highest BCUT2D eigenvalue weighted by atomic mass is 32.1. The van der Waals surface area contributed by atoms with Crippen molar-refractivity contribution in [1.29, 1.82) is 5.26 Å². The second-order valence-corrected chi connectivity index (χ2v) is 13.7. The number of nitrogen functional groups attached to an aromatic ring is 1. The first-order chi connectivity index (χ1) is 22.2. The number of nitrogens with zero attached hydrogens (tertiary/aromatic N) is 7. The Labute approximate surface area is 273 Å². The summed E-state index contributed by atoms with van der Waals surface area (Å²) in [5, 5.41) is 15.0. The number of thiophene rings is 1. The normalized spacial score (nSPS) is 22.6. The molecule has 0 aromatic carbocycles. The fourth-order valence-corrected chi connectivity index (χ4v) is 8.23. The van der Waals surface area contributed by atoms with Gasteiger partial charge in [0.25, 0.3) is 0 Å². The van der Waals surface area contributed by atoms with Crippen molar-refractivity contribution in [1.82, 2.24) is 24.9 Å². The Morgan fingerprint density at radius 1 is 1.26 bits per heavy atom. The number of carbonyl (C=O) groups is 1. The summed E-state index contributed by atoms with van der Waals surface area (Å²) in [6, 6.07) is 6.40. The molecule has 3 aromatic rings. The Morgan fingerprint density at radius 3 is 2.78 bits per heavy atom. The van der Waals surface area contributed by atoms with Crippen molar-refractivity contribution in [2.75, 3.05) is 64.1 Å². The average molecular weight is 647 g/mol. The number of anilines is 2. The van der Waals surface area contributed by atoms with Gasteiger partial charge in [-0.05, 0) is 65.1 Å². The molecule has 0 radical (unpaired) electrons. The number of hydrogen-bond acceptors (Lipinski definition) is 12. The number of ether oxygens (including phenoxy) is 2. The summed E-state index contributed by atoms with van der Waals surface area (Å²) >= 11 is 1.50. The molecule has 2 saturated heterocycles. The number of nitriles is 1. The number of piperazine rings is 1. The van der Waals surface area contributed by atoms with E-state index < -0.39 is 5.41 Å². The van der Waals surface area contributed by atoms with Crippen LogP contribution >= 0.6 is 11.3 Å².